The lowest BCUT2D eigenvalue weighted by Crippen LogP contribution is -2.21. The third kappa shape index (κ3) is 3.36. The Morgan fingerprint density at radius 1 is 0.722 bits per heavy atom. The van der Waals surface area contributed by atoms with Gasteiger partial charge in [-0.1, -0.05) is 54.6 Å². The first kappa shape index (κ1) is 20.6. The second-order valence-electron chi connectivity index (χ2n) is 9.16. The van der Waals surface area contributed by atoms with E-state index in [9.17, 15) is 0 Å². The van der Waals surface area contributed by atoms with Crippen molar-refractivity contribution in [2.24, 2.45) is 0 Å². The summed E-state index contributed by atoms with van der Waals surface area (Å²) in [6, 6.07) is 33.4. The average Bonchev–Trinajstić information content (AvgIpc) is 3.57. The fourth-order valence-corrected chi connectivity index (χ4v) is 5.06. The van der Waals surface area contributed by atoms with E-state index in [1.807, 2.05) is 30.5 Å². The maximum Gasteiger partial charge on any atom is 0.145 e. The van der Waals surface area contributed by atoms with Crippen LogP contribution in [0, 0.1) is 0 Å². The van der Waals surface area contributed by atoms with Crippen molar-refractivity contribution in [3.05, 3.63) is 116 Å². The van der Waals surface area contributed by atoms with Crippen LogP contribution in [-0.2, 0) is 0 Å². The molecule has 6 aromatic rings. The van der Waals surface area contributed by atoms with Crippen molar-refractivity contribution in [1.82, 2.24) is 14.3 Å². The Labute approximate surface area is 209 Å². The SMILES string of the molecule is CN1C=CN(c2cccc(Oc3ccc4c5ccccc5n5c(-c6ccccc6)cnc5c4c3)c2)C1. The predicted molar refractivity (Wildman–Crippen MR) is 146 cm³/mol. The topological polar surface area (TPSA) is 33.0 Å². The molecule has 0 bridgehead atoms. The summed E-state index contributed by atoms with van der Waals surface area (Å²) in [7, 11) is 2.06. The third-order valence-electron chi connectivity index (χ3n) is 6.76. The number of anilines is 1. The van der Waals surface area contributed by atoms with Crippen LogP contribution in [0.25, 0.3) is 38.6 Å². The molecule has 0 unspecified atom stereocenters. The molecule has 2 aromatic heterocycles. The molecule has 0 fully saturated rings. The van der Waals surface area contributed by atoms with Crippen molar-refractivity contribution in [2.45, 2.75) is 0 Å². The standard InChI is InChI=1S/C31H24N4O/c1-33-16-17-34(21-33)23-10-7-11-24(18-23)36-25-14-15-26-27-12-5-6-13-29(27)35-30(22-8-3-2-4-9-22)20-32-31(35)28(26)19-25/h2-20H,21H2,1H3. The molecule has 0 spiro atoms. The first-order valence-electron chi connectivity index (χ1n) is 12.0. The van der Waals surface area contributed by atoms with Crippen LogP contribution >= 0.6 is 0 Å². The van der Waals surface area contributed by atoms with E-state index in [1.165, 1.54) is 5.39 Å². The van der Waals surface area contributed by atoms with Gasteiger partial charge in [-0.05, 0) is 41.8 Å². The number of aromatic nitrogens is 2. The van der Waals surface area contributed by atoms with Crippen molar-refractivity contribution in [3.8, 4) is 22.8 Å². The molecule has 0 saturated heterocycles. The third-order valence-corrected chi connectivity index (χ3v) is 6.76. The molecule has 3 heterocycles. The van der Waals surface area contributed by atoms with Gasteiger partial charge >= 0.3 is 0 Å². The zero-order chi connectivity index (χ0) is 24.1. The van der Waals surface area contributed by atoms with Gasteiger partial charge in [-0.15, -0.1) is 0 Å². The number of pyridine rings is 1. The molecule has 0 saturated carbocycles. The van der Waals surface area contributed by atoms with Crippen LogP contribution in [-0.4, -0.2) is 28.0 Å². The summed E-state index contributed by atoms with van der Waals surface area (Å²) in [5, 5.41) is 3.41. The van der Waals surface area contributed by atoms with Gasteiger partial charge in [0, 0.05) is 47.5 Å². The zero-order valence-corrected chi connectivity index (χ0v) is 19.9. The van der Waals surface area contributed by atoms with E-state index < -0.39 is 0 Å². The molecule has 5 nitrogen and oxygen atoms in total. The molecule has 4 aromatic carbocycles. The lowest BCUT2D eigenvalue weighted by molar-refractivity contribution is 0.481. The highest BCUT2D eigenvalue weighted by Gasteiger charge is 2.16. The summed E-state index contributed by atoms with van der Waals surface area (Å²) in [4.78, 5) is 9.22. The Morgan fingerprint density at radius 2 is 1.56 bits per heavy atom. The Bertz CT molecular complexity index is 1770. The van der Waals surface area contributed by atoms with Crippen molar-refractivity contribution in [3.63, 3.8) is 0 Å². The minimum absolute atomic E-state index is 0.787. The van der Waals surface area contributed by atoms with Gasteiger partial charge in [0.15, 0.2) is 0 Å². The van der Waals surface area contributed by atoms with Gasteiger partial charge in [0.25, 0.3) is 0 Å². The van der Waals surface area contributed by atoms with E-state index in [-0.39, 0.29) is 0 Å². The van der Waals surface area contributed by atoms with Crippen LogP contribution in [0.3, 0.4) is 0 Å². The molecule has 36 heavy (non-hydrogen) atoms. The smallest absolute Gasteiger partial charge is 0.145 e. The first-order chi connectivity index (χ1) is 17.7. The van der Waals surface area contributed by atoms with Gasteiger partial charge in [-0.3, -0.25) is 4.40 Å². The highest BCUT2D eigenvalue weighted by molar-refractivity contribution is 6.12. The largest absolute Gasteiger partial charge is 0.457 e. The van der Waals surface area contributed by atoms with Crippen LogP contribution in [0.4, 0.5) is 5.69 Å². The minimum atomic E-state index is 0.787. The Hall–Kier alpha value is -4.77. The summed E-state index contributed by atoms with van der Waals surface area (Å²) in [5.74, 6) is 1.59. The molecule has 0 N–H and O–H groups in total. The second kappa shape index (κ2) is 8.17. The molecule has 1 aliphatic heterocycles. The number of para-hydroxylation sites is 1. The normalized spacial score (nSPS) is 13.4. The molecular weight excluding hydrogens is 444 g/mol. The molecule has 0 atom stereocenters. The summed E-state index contributed by atoms with van der Waals surface area (Å²) in [6.07, 6.45) is 6.12. The molecule has 5 heteroatoms. The summed E-state index contributed by atoms with van der Waals surface area (Å²) in [5.41, 5.74) is 5.38. The molecule has 0 aliphatic carbocycles. The van der Waals surface area contributed by atoms with Crippen molar-refractivity contribution in [2.75, 3.05) is 18.6 Å². The zero-order valence-electron chi connectivity index (χ0n) is 19.9. The van der Waals surface area contributed by atoms with Crippen LogP contribution in [0.2, 0.25) is 0 Å². The van der Waals surface area contributed by atoms with Crippen molar-refractivity contribution in [1.29, 1.82) is 0 Å². The van der Waals surface area contributed by atoms with Crippen molar-refractivity contribution < 1.29 is 4.74 Å². The van der Waals surface area contributed by atoms with E-state index >= 15 is 0 Å². The van der Waals surface area contributed by atoms with E-state index in [2.05, 4.69) is 106 Å². The van der Waals surface area contributed by atoms with E-state index in [0.717, 1.165) is 57.0 Å². The minimum Gasteiger partial charge on any atom is -0.457 e. The number of benzene rings is 4. The Kier molecular flexibility index (Phi) is 4.67. The number of nitrogens with zero attached hydrogens (tertiary/aromatic N) is 4. The van der Waals surface area contributed by atoms with Gasteiger partial charge in [0.2, 0.25) is 0 Å². The number of ether oxygens (including phenoxy) is 1. The summed E-state index contributed by atoms with van der Waals surface area (Å²) < 4.78 is 8.62. The monoisotopic (exact) mass is 468 g/mol. The molecule has 7 rings (SSSR count). The van der Waals surface area contributed by atoms with Crippen LogP contribution in [0.15, 0.2) is 116 Å². The fourth-order valence-electron chi connectivity index (χ4n) is 5.06. The summed E-state index contributed by atoms with van der Waals surface area (Å²) >= 11 is 0. The predicted octanol–water partition coefficient (Wildman–Crippen LogP) is 7.28. The van der Waals surface area contributed by atoms with Gasteiger partial charge < -0.3 is 14.5 Å². The van der Waals surface area contributed by atoms with Gasteiger partial charge in [-0.2, -0.15) is 0 Å². The number of fused-ring (bicyclic) bond motifs is 6. The summed E-state index contributed by atoms with van der Waals surface area (Å²) in [6.45, 7) is 0.827. The Morgan fingerprint density at radius 3 is 2.42 bits per heavy atom. The molecule has 174 valence electrons. The molecule has 0 radical (unpaired) electrons. The maximum atomic E-state index is 6.36. The quantitative estimate of drug-likeness (QED) is 0.255. The Balaban J connectivity index is 1.36. The van der Waals surface area contributed by atoms with Gasteiger partial charge in [0.1, 0.15) is 17.1 Å². The maximum absolute atomic E-state index is 6.36. The lowest BCUT2D eigenvalue weighted by atomic mass is 10.1. The number of rotatable bonds is 4. The molecular formula is C31H24N4O. The number of hydrogen-bond donors (Lipinski definition) is 0. The number of imidazole rings is 1. The van der Waals surface area contributed by atoms with E-state index in [4.69, 9.17) is 9.72 Å². The van der Waals surface area contributed by atoms with Crippen LogP contribution in [0.5, 0.6) is 11.5 Å². The van der Waals surface area contributed by atoms with Gasteiger partial charge in [-0.25, -0.2) is 4.98 Å². The highest BCUT2D eigenvalue weighted by atomic mass is 16.5. The van der Waals surface area contributed by atoms with Crippen molar-refractivity contribution >= 4 is 33.0 Å². The van der Waals surface area contributed by atoms with Crippen LogP contribution in [0.1, 0.15) is 0 Å². The number of hydrogen-bond acceptors (Lipinski definition) is 4. The van der Waals surface area contributed by atoms with Gasteiger partial charge in [0.05, 0.1) is 24.1 Å². The van der Waals surface area contributed by atoms with E-state index in [1.54, 1.807) is 0 Å². The van der Waals surface area contributed by atoms with E-state index in [0.29, 0.717) is 0 Å². The highest BCUT2D eigenvalue weighted by Crippen LogP contribution is 2.36. The lowest BCUT2D eigenvalue weighted by Gasteiger charge is -2.19. The second-order valence-corrected chi connectivity index (χ2v) is 9.16. The average molecular weight is 469 g/mol. The first-order valence-corrected chi connectivity index (χ1v) is 12.0. The fraction of sp³-hybridized carbons (Fsp3) is 0.0645. The van der Waals surface area contributed by atoms with Crippen LogP contribution < -0.4 is 9.64 Å². The molecule has 1 aliphatic rings. The molecule has 0 amide bonds.